The van der Waals surface area contributed by atoms with E-state index in [2.05, 4.69) is 5.32 Å². The van der Waals surface area contributed by atoms with Gasteiger partial charge >= 0.3 is 0 Å². The first kappa shape index (κ1) is 12.9. The second-order valence-corrected chi connectivity index (χ2v) is 6.18. The van der Waals surface area contributed by atoms with Crippen molar-refractivity contribution < 1.29 is 4.79 Å². The van der Waals surface area contributed by atoms with Gasteiger partial charge < -0.3 is 10.2 Å². The third kappa shape index (κ3) is 3.21. The van der Waals surface area contributed by atoms with Gasteiger partial charge in [0.15, 0.2) is 0 Å². The molecule has 2 unspecified atom stereocenters. The van der Waals surface area contributed by atoms with Gasteiger partial charge in [0, 0.05) is 31.6 Å². The topological polar surface area (TPSA) is 32.3 Å². The van der Waals surface area contributed by atoms with Gasteiger partial charge in [-0.3, -0.25) is 4.79 Å². The Hall–Kier alpha value is -0.570. The molecule has 2 atom stereocenters. The number of piperidine rings is 1. The second-order valence-electron chi connectivity index (χ2n) is 6.18. The van der Waals surface area contributed by atoms with Crippen LogP contribution in [-0.4, -0.2) is 36.5 Å². The molecule has 2 aliphatic rings. The summed E-state index contributed by atoms with van der Waals surface area (Å²) in [6.45, 7) is 4.88. The van der Waals surface area contributed by atoms with Gasteiger partial charge in [0.1, 0.15) is 0 Å². The van der Waals surface area contributed by atoms with E-state index < -0.39 is 0 Å². The van der Waals surface area contributed by atoms with Crippen LogP contribution in [0.3, 0.4) is 0 Å². The van der Waals surface area contributed by atoms with Crippen molar-refractivity contribution >= 4 is 5.91 Å². The van der Waals surface area contributed by atoms with E-state index in [1.54, 1.807) is 0 Å². The molecule has 0 aliphatic carbocycles. The van der Waals surface area contributed by atoms with Crippen molar-refractivity contribution in [1.82, 2.24) is 10.2 Å². The smallest absolute Gasteiger partial charge is 0.224 e. The fourth-order valence-electron chi connectivity index (χ4n) is 3.34. The molecule has 0 aromatic carbocycles. The third-order valence-corrected chi connectivity index (χ3v) is 4.31. The van der Waals surface area contributed by atoms with Crippen LogP contribution >= 0.6 is 0 Å². The second kappa shape index (κ2) is 5.38. The highest BCUT2D eigenvalue weighted by molar-refractivity contribution is 5.77. The summed E-state index contributed by atoms with van der Waals surface area (Å²) in [5.41, 5.74) is 0. The highest BCUT2D eigenvalue weighted by atomic mass is 16.2. The summed E-state index contributed by atoms with van der Waals surface area (Å²) in [7, 11) is 1.94. The average molecular weight is 238 g/mol. The Morgan fingerprint density at radius 3 is 2.41 bits per heavy atom. The minimum atomic E-state index is 0.129. The van der Waals surface area contributed by atoms with Crippen LogP contribution in [0.2, 0.25) is 0 Å². The number of amides is 1. The molecular formula is C14H26N2O. The molecule has 2 bridgehead atoms. The molecule has 1 N–H and O–H groups in total. The van der Waals surface area contributed by atoms with E-state index in [1.807, 2.05) is 25.8 Å². The van der Waals surface area contributed by atoms with Gasteiger partial charge in [-0.15, -0.1) is 0 Å². The molecule has 98 valence electrons. The van der Waals surface area contributed by atoms with Crippen LogP contribution in [0.15, 0.2) is 0 Å². The van der Waals surface area contributed by atoms with Crippen LogP contribution in [0, 0.1) is 11.8 Å². The zero-order valence-electron chi connectivity index (χ0n) is 11.4. The SMILES string of the molecule is CC(C)C(=O)N(C)CCC1CC2CCC(C1)N2. The van der Waals surface area contributed by atoms with Crippen LogP contribution in [0.5, 0.6) is 0 Å². The molecule has 0 saturated carbocycles. The molecule has 3 heteroatoms. The number of carbonyl (C=O) groups is 1. The Morgan fingerprint density at radius 1 is 1.29 bits per heavy atom. The van der Waals surface area contributed by atoms with E-state index in [0.717, 1.165) is 24.5 Å². The van der Waals surface area contributed by atoms with E-state index in [9.17, 15) is 4.79 Å². The molecule has 2 saturated heterocycles. The van der Waals surface area contributed by atoms with E-state index in [1.165, 1.54) is 32.1 Å². The Balaban J connectivity index is 1.73. The molecule has 2 rings (SSSR count). The first-order chi connectivity index (χ1) is 8.06. The lowest BCUT2D eigenvalue weighted by molar-refractivity contribution is -0.133. The molecule has 2 fully saturated rings. The number of nitrogens with zero attached hydrogens (tertiary/aromatic N) is 1. The van der Waals surface area contributed by atoms with Gasteiger partial charge in [-0.05, 0) is 38.0 Å². The zero-order valence-corrected chi connectivity index (χ0v) is 11.4. The Bertz CT molecular complexity index is 265. The number of carbonyl (C=O) groups excluding carboxylic acids is 1. The predicted molar refractivity (Wildman–Crippen MR) is 69.8 cm³/mol. The molecular weight excluding hydrogens is 212 g/mol. The summed E-state index contributed by atoms with van der Waals surface area (Å²) in [6, 6.07) is 1.54. The van der Waals surface area contributed by atoms with Gasteiger partial charge in [-0.2, -0.15) is 0 Å². The zero-order chi connectivity index (χ0) is 12.4. The van der Waals surface area contributed by atoms with E-state index in [4.69, 9.17) is 0 Å². The van der Waals surface area contributed by atoms with Crippen molar-refractivity contribution in [2.75, 3.05) is 13.6 Å². The van der Waals surface area contributed by atoms with Crippen molar-refractivity contribution in [2.45, 2.75) is 58.0 Å². The fourth-order valence-corrected chi connectivity index (χ4v) is 3.34. The summed E-state index contributed by atoms with van der Waals surface area (Å²) >= 11 is 0. The monoisotopic (exact) mass is 238 g/mol. The van der Waals surface area contributed by atoms with Crippen LogP contribution in [0.25, 0.3) is 0 Å². The highest BCUT2D eigenvalue weighted by Crippen LogP contribution is 2.32. The Kier molecular flexibility index (Phi) is 4.08. The summed E-state index contributed by atoms with van der Waals surface area (Å²) in [5, 5.41) is 3.67. The molecule has 2 heterocycles. The number of nitrogens with one attached hydrogen (secondary N) is 1. The first-order valence-electron chi connectivity index (χ1n) is 7.07. The standard InChI is InChI=1S/C14H26N2O/c1-10(2)14(17)16(3)7-6-11-8-12-4-5-13(9-11)15-12/h10-13,15H,4-9H2,1-3H3. The van der Waals surface area contributed by atoms with E-state index >= 15 is 0 Å². The predicted octanol–water partition coefficient (Wildman–Crippen LogP) is 2.02. The van der Waals surface area contributed by atoms with Gasteiger partial charge in [-0.25, -0.2) is 0 Å². The average Bonchev–Trinajstić information content (AvgIpc) is 2.64. The van der Waals surface area contributed by atoms with Crippen molar-refractivity contribution in [3.8, 4) is 0 Å². The largest absolute Gasteiger partial charge is 0.346 e. The van der Waals surface area contributed by atoms with Crippen molar-refractivity contribution in [3.63, 3.8) is 0 Å². The maximum Gasteiger partial charge on any atom is 0.224 e. The van der Waals surface area contributed by atoms with Crippen LogP contribution in [0.4, 0.5) is 0 Å². The van der Waals surface area contributed by atoms with E-state index in [0.29, 0.717) is 0 Å². The van der Waals surface area contributed by atoms with Gasteiger partial charge in [-0.1, -0.05) is 13.8 Å². The molecule has 1 amide bonds. The quantitative estimate of drug-likeness (QED) is 0.812. The van der Waals surface area contributed by atoms with Gasteiger partial charge in [0.25, 0.3) is 0 Å². The van der Waals surface area contributed by atoms with Gasteiger partial charge in [0.05, 0.1) is 0 Å². The molecule has 0 aromatic rings. The lowest BCUT2D eigenvalue weighted by Gasteiger charge is -2.30. The van der Waals surface area contributed by atoms with Crippen LogP contribution in [0.1, 0.15) is 46.0 Å². The van der Waals surface area contributed by atoms with Crippen LogP contribution < -0.4 is 5.32 Å². The molecule has 0 aromatic heterocycles. The number of hydrogen-bond donors (Lipinski definition) is 1. The van der Waals surface area contributed by atoms with Gasteiger partial charge in [0.2, 0.25) is 5.91 Å². The summed E-state index contributed by atoms with van der Waals surface area (Å²) in [5.74, 6) is 1.24. The van der Waals surface area contributed by atoms with Crippen molar-refractivity contribution in [1.29, 1.82) is 0 Å². The lowest BCUT2D eigenvalue weighted by atomic mass is 9.89. The third-order valence-electron chi connectivity index (χ3n) is 4.31. The van der Waals surface area contributed by atoms with Crippen LogP contribution in [-0.2, 0) is 4.79 Å². The molecule has 2 aliphatic heterocycles. The molecule has 3 nitrogen and oxygen atoms in total. The van der Waals surface area contributed by atoms with Crippen molar-refractivity contribution in [3.05, 3.63) is 0 Å². The number of rotatable bonds is 4. The van der Waals surface area contributed by atoms with Crippen molar-refractivity contribution in [2.24, 2.45) is 11.8 Å². The fraction of sp³-hybridized carbons (Fsp3) is 0.929. The first-order valence-corrected chi connectivity index (χ1v) is 7.07. The molecule has 0 radical (unpaired) electrons. The summed E-state index contributed by atoms with van der Waals surface area (Å²) in [6.07, 6.45) is 6.55. The highest BCUT2D eigenvalue weighted by Gasteiger charge is 2.33. The maximum atomic E-state index is 11.8. The minimum Gasteiger partial charge on any atom is -0.346 e. The molecule has 17 heavy (non-hydrogen) atoms. The molecule has 0 spiro atoms. The number of hydrogen-bond acceptors (Lipinski definition) is 2. The number of fused-ring (bicyclic) bond motifs is 2. The Morgan fingerprint density at radius 2 is 1.88 bits per heavy atom. The van der Waals surface area contributed by atoms with E-state index in [-0.39, 0.29) is 11.8 Å². The normalized spacial score (nSPS) is 31.9. The summed E-state index contributed by atoms with van der Waals surface area (Å²) < 4.78 is 0. The summed E-state index contributed by atoms with van der Waals surface area (Å²) in [4.78, 5) is 13.7. The minimum absolute atomic E-state index is 0.129. The Labute approximate surface area is 105 Å². The maximum absolute atomic E-state index is 11.8. The lowest BCUT2D eigenvalue weighted by Crippen LogP contribution is -2.39.